The molecule has 2 aliphatic heterocycles. The molecule has 1 N–H and O–H groups in total. The summed E-state index contributed by atoms with van der Waals surface area (Å²) in [6.45, 7) is 3.10. The first-order chi connectivity index (χ1) is 8.84. The maximum Gasteiger partial charge on any atom is 0.227 e. The zero-order valence-corrected chi connectivity index (χ0v) is 10.7. The molecule has 3 nitrogen and oxygen atoms in total. The number of anilines is 1. The minimum Gasteiger partial charge on any atom is -0.317 e. The van der Waals surface area contributed by atoms with Gasteiger partial charge >= 0.3 is 0 Å². The Kier molecular flexibility index (Phi) is 3.33. The van der Waals surface area contributed by atoms with E-state index in [1.807, 2.05) is 4.90 Å². The van der Waals surface area contributed by atoms with E-state index < -0.39 is 0 Å². The van der Waals surface area contributed by atoms with Gasteiger partial charge in [0.25, 0.3) is 0 Å². The number of rotatable bonds is 2. The molecule has 0 aliphatic carbocycles. The fraction of sp³-hybridized carbons (Fsp3) is 0.533. The lowest BCUT2D eigenvalue weighted by Gasteiger charge is -2.24. The van der Waals surface area contributed by atoms with E-state index in [9.17, 15) is 4.79 Å². The van der Waals surface area contributed by atoms with Gasteiger partial charge in [0.05, 0.1) is 0 Å². The van der Waals surface area contributed by atoms with Gasteiger partial charge in [-0.25, -0.2) is 0 Å². The largest absolute Gasteiger partial charge is 0.317 e. The summed E-state index contributed by atoms with van der Waals surface area (Å²) in [6, 6.07) is 8.59. The van der Waals surface area contributed by atoms with E-state index in [0.29, 0.717) is 12.3 Å². The van der Waals surface area contributed by atoms with Crippen LogP contribution in [0.25, 0.3) is 0 Å². The third-order valence-corrected chi connectivity index (χ3v) is 4.07. The average molecular weight is 244 g/mol. The lowest BCUT2D eigenvalue weighted by molar-refractivity contribution is -0.117. The quantitative estimate of drug-likeness (QED) is 0.865. The van der Waals surface area contributed by atoms with Crippen molar-refractivity contribution in [1.82, 2.24) is 5.32 Å². The Morgan fingerprint density at radius 1 is 1.22 bits per heavy atom. The van der Waals surface area contributed by atoms with E-state index >= 15 is 0 Å². The highest BCUT2D eigenvalue weighted by Crippen LogP contribution is 2.29. The molecule has 0 unspecified atom stereocenters. The second-order valence-electron chi connectivity index (χ2n) is 5.27. The Balaban J connectivity index is 1.82. The van der Waals surface area contributed by atoms with Gasteiger partial charge in [-0.2, -0.15) is 0 Å². The van der Waals surface area contributed by atoms with Crippen LogP contribution in [0, 0.1) is 0 Å². The molecule has 0 radical (unpaired) electrons. The van der Waals surface area contributed by atoms with Crippen molar-refractivity contribution in [2.24, 2.45) is 0 Å². The van der Waals surface area contributed by atoms with E-state index in [4.69, 9.17) is 0 Å². The van der Waals surface area contributed by atoms with Crippen LogP contribution in [0.5, 0.6) is 0 Å². The van der Waals surface area contributed by atoms with Crippen molar-refractivity contribution in [1.29, 1.82) is 0 Å². The second-order valence-corrected chi connectivity index (χ2v) is 5.27. The summed E-state index contributed by atoms with van der Waals surface area (Å²) in [6.07, 6.45) is 4.11. The van der Waals surface area contributed by atoms with Crippen molar-refractivity contribution >= 4 is 11.6 Å². The van der Waals surface area contributed by atoms with Gasteiger partial charge in [-0.15, -0.1) is 0 Å². The molecule has 0 spiro atoms. The monoisotopic (exact) mass is 244 g/mol. The van der Waals surface area contributed by atoms with Crippen LogP contribution in [-0.4, -0.2) is 25.5 Å². The fourth-order valence-corrected chi connectivity index (χ4v) is 3.02. The molecule has 1 amide bonds. The Morgan fingerprint density at radius 3 is 2.78 bits per heavy atom. The Morgan fingerprint density at radius 2 is 2.06 bits per heavy atom. The predicted molar refractivity (Wildman–Crippen MR) is 72.9 cm³/mol. The molecule has 3 rings (SSSR count). The molecule has 3 heteroatoms. The molecule has 2 aliphatic rings. The summed E-state index contributed by atoms with van der Waals surface area (Å²) in [5, 5.41) is 3.40. The van der Waals surface area contributed by atoms with Crippen LogP contribution < -0.4 is 10.2 Å². The van der Waals surface area contributed by atoms with Gasteiger partial charge in [-0.1, -0.05) is 12.1 Å². The van der Waals surface area contributed by atoms with E-state index in [1.54, 1.807) is 0 Å². The van der Waals surface area contributed by atoms with E-state index in [-0.39, 0.29) is 5.91 Å². The van der Waals surface area contributed by atoms with E-state index in [2.05, 4.69) is 29.6 Å². The van der Waals surface area contributed by atoms with Gasteiger partial charge in [0, 0.05) is 18.7 Å². The van der Waals surface area contributed by atoms with Crippen molar-refractivity contribution in [3.63, 3.8) is 0 Å². The molecule has 0 aromatic heterocycles. The number of amides is 1. The first-order valence-electron chi connectivity index (χ1n) is 6.95. The topological polar surface area (TPSA) is 32.3 Å². The van der Waals surface area contributed by atoms with Crippen LogP contribution >= 0.6 is 0 Å². The number of hydrogen-bond acceptors (Lipinski definition) is 2. The molecule has 0 bridgehead atoms. The molecule has 96 valence electrons. The zero-order chi connectivity index (χ0) is 12.4. The van der Waals surface area contributed by atoms with E-state index in [0.717, 1.165) is 31.7 Å². The maximum absolute atomic E-state index is 11.8. The number of benzene rings is 1. The van der Waals surface area contributed by atoms with Crippen LogP contribution in [0.3, 0.4) is 0 Å². The fourth-order valence-electron chi connectivity index (χ4n) is 3.02. The maximum atomic E-state index is 11.8. The summed E-state index contributed by atoms with van der Waals surface area (Å²) in [4.78, 5) is 13.7. The second kappa shape index (κ2) is 5.11. The predicted octanol–water partition coefficient (Wildman–Crippen LogP) is 2.28. The highest BCUT2D eigenvalue weighted by Gasteiger charge is 2.22. The Bertz CT molecular complexity index is 438. The van der Waals surface area contributed by atoms with Crippen LogP contribution in [0.4, 0.5) is 5.69 Å². The highest BCUT2D eigenvalue weighted by atomic mass is 16.2. The number of hydrogen-bond donors (Lipinski definition) is 1. The van der Waals surface area contributed by atoms with Gasteiger partial charge in [0.2, 0.25) is 5.91 Å². The third-order valence-electron chi connectivity index (χ3n) is 4.07. The smallest absolute Gasteiger partial charge is 0.227 e. The summed E-state index contributed by atoms with van der Waals surface area (Å²) < 4.78 is 0. The molecule has 2 saturated heterocycles. The zero-order valence-electron chi connectivity index (χ0n) is 10.7. The Labute approximate surface area is 108 Å². The standard InChI is InChI=1S/C15H20N2O/c18-15-5-2-10-17(15)14-4-1-3-13(11-14)12-6-8-16-9-7-12/h1,3-4,11-12,16H,2,5-10H2. The normalized spacial score (nSPS) is 21.6. The van der Waals surface area contributed by atoms with Gasteiger partial charge in [0.1, 0.15) is 0 Å². The minimum absolute atomic E-state index is 0.275. The summed E-state index contributed by atoms with van der Waals surface area (Å²) in [7, 11) is 0. The first-order valence-corrected chi connectivity index (χ1v) is 6.95. The minimum atomic E-state index is 0.275. The third kappa shape index (κ3) is 2.27. The number of carbonyl (C=O) groups excluding carboxylic acids is 1. The SMILES string of the molecule is O=C1CCCN1c1cccc(C2CCNCC2)c1. The number of carbonyl (C=O) groups is 1. The van der Waals surface area contributed by atoms with Gasteiger partial charge in [-0.05, 0) is 56.0 Å². The molecule has 0 atom stereocenters. The summed E-state index contributed by atoms with van der Waals surface area (Å²) >= 11 is 0. The van der Waals surface area contributed by atoms with Crippen molar-refractivity contribution in [3.8, 4) is 0 Å². The van der Waals surface area contributed by atoms with Gasteiger partial charge in [-0.3, -0.25) is 4.79 Å². The first kappa shape index (κ1) is 11.7. The van der Waals surface area contributed by atoms with Crippen molar-refractivity contribution in [3.05, 3.63) is 29.8 Å². The Hall–Kier alpha value is -1.35. The number of piperidine rings is 1. The molecule has 2 heterocycles. The van der Waals surface area contributed by atoms with Crippen LogP contribution in [0.1, 0.15) is 37.2 Å². The van der Waals surface area contributed by atoms with E-state index in [1.165, 1.54) is 18.4 Å². The molecule has 2 fully saturated rings. The lowest BCUT2D eigenvalue weighted by Crippen LogP contribution is -2.27. The molecule has 1 aromatic rings. The number of nitrogens with zero attached hydrogens (tertiary/aromatic N) is 1. The molecular weight excluding hydrogens is 224 g/mol. The van der Waals surface area contributed by atoms with Gasteiger partial charge in [0.15, 0.2) is 0 Å². The molecule has 0 saturated carbocycles. The van der Waals surface area contributed by atoms with Crippen LogP contribution in [0.15, 0.2) is 24.3 Å². The molecule has 18 heavy (non-hydrogen) atoms. The lowest BCUT2D eigenvalue weighted by atomic mass is 9.90. The van der Waals surface area contributed by atoms with Crippen molar-refractivity contribution in [2.75, 3.05) is 24.5 Å². The van der Waals surface area contributed by atoms with Crippen LogP contribution in [-0.2, 0) is 4.79 Å². The van der Waals surface area contributed by atoms with Gasteiger partial charge < -0.3 is 10.2 Å². The van der Waals surface area contributed by atoms with Crippen LogP contribution in [0.2, 0.25) is 0 Å². The molecule has 1 aromatic carbocycles. The highest BCUT2D eigenvalue weighted by molar-refractivity contribution is 5.95. The number of nitrogens with one attached hydrogen (secondary N) is 1. The molecular formula is C15H20N2O. The summed E-state index contributed by atoms with van der Waals surface area (Å²) in [5.41, 5.74) is 2.49. The summed E-state index contributed by atoms with van der Waals surface area (Å²) in [5.74, 6) is 0.932. The van der Waals surface area contributed by atoms with Crippen molar-refractivity contribution in [2.45, 2.75) is 31.6 Å². The van der Waals surface area contributed by atoms with Crippen molar-refractivity contribution < 1.29 is 4.79 Å². The average Bonchev–Trinajstić information content (AvgIpc) is 2.86.